The van der Waals surface area contributed by atoms with Gasteiger partial charge in [-0.25, -0.2) is 4.68 Å². The largest absolute Gasteiger partial charge is 0.493 e. The molecule has 1 N–H and O–H groups in total. The summed E-state index contributed by atoms with van der Waals surface area (Å²) in [6.45, 7) is 0.304. The van der Waals surface area contributed by atoms with Crippen LogP contribution in [0.5, 0.6) is 11.5 Å². The van der Waals surface area contributed by atoms with Crippen LogP contribution in [0.25, 0.3) is 6.08 Å². The Labute approximate surface area is 152 Å². The zero-order valence-corrected chi connectivity index (χ0v) is 15.0. The molecule has 1 saturated carbocycles. The molecule has 26 heavy (non-hydrogen) atoms. The van der Waals surface area contributed by atoms with Gasteiger partial charge in [0.1, 0.15) is 0 Å². The Morgan fingerprint density at radius 2 is 2.04 bits per heavy atom. The first-order chi connectivity index (χ1) is 12.7. The lowest BCUT2D eigenvalue weighted by molar-refractivity contribution is -0.116. The van der Waals surface area contributed by atoms with Gasteiger partial charge in [-0.05, 0) is 47.0 Å². The average Bonchev–Trinajstić information content (AvgIpc) is 3.35. The van der Waals surface area contributed by atoms with Crippen molar-refractivity contribution in [2.24, 2.45) is 0 Å². The highest BCUT2D eigenvalue weighted by molar-refractivity contribution is 5.91. The van der Waals surface area contributed by atoms with Crippen LogP contribution in [0.15, 0.2) is 24.3 Å². The molecule has 1 aliphatic rings. The summed E-state index contributed by atoms with van der Waals surface area (Å²) >= 11 is 0. The summed E-state index contributed by atoms with van der Waals surface area (Å²) in [6.07, 6.45) is 7.77. The highest BCUT2D eigenvalue weighted by Gasteiger charge is 2.21. The number of hydrogen-bond donors (Lipinski definition) is 1. The van der Waals surface area contributed by atoms with Gasteiger partial charge in [-0.1, -0.05) is 18.9 Å². The van der Waals surface area contributed by atoms with Gasteiger partial charge in [0.2, 0.25) is 5.91 Å². The van der Waals surface area contributed by atoms with Crippen LogP contribution >= 0.6 is 0 Å². The Hall–Kier alpha value is -2.90. The van der Waals surface area contributed by atoms with Crippen LogP contribution < -0.4 is 14.8 Å². The van der Waals surface area contributed by atoms with Crippen molar-refractivity contribution in [2.45, 2.75) is 38.3 Å². The number of hydrogen-bond acceptors (Lipinski definition) is 6. The van der Waals surface area contributed by atoms with E-state index in [1.165, 1.54) is 18.9 Å². The number of carbonyl (C=O) groups excluding carboxylic acids is 1. The maximum atomic E-state index is 12.1. The number of methoxy groups -OCH3 is 2. The predicted octanol–water partition coefficient (Wildman–Crippen LogP) is 2.13. The maximum absolute atomic E-state index is 12.1. The number of rotatable bonds is 7. The van der Waals surface area contributed by atoms with Crippen LogP contribution in [0, 0.1) is 0 Å². The molecule has 0 atom stereocenters. The van der Waals surface area contributed by atoms with E-state index in [4.69, 9.17) is 9.47 Å². The Balaban J connectivity index is 1.58. The lowest BCUT2D eigenvalue weighted by atomic mass is 10.2. The van der Waals surface area contributed by atoms with Gasteiger partial charge in [0.15, 0.2) is 17.3 Å². The van der Waals surface area contributed by atoms with Gasteiger partial charge in [0.25, 0.3) is 0 Å². The number of benzene rings is 1. The summed E-state index contributed by atoms with van der Waals surface area (Å²) in [6, 6.07) is 5.81. The van der Waals surface area contributed by atoms with E-state index in [2.05, 4.69) is 20.8 Å². The predicted molar refractivity (Wildman–Crippen MR) is 95.7 cm³/mol. The number of tetrazole rings is 1. The highest BCUT2D eigenvalue weighted by Crippen LogP contribution is 2.29. The Bertz CT molecular complexity index is 781. The van der Waals surface area contributed by atoms with E-state index in [0.29, 0.717) is 29.9 Å². The second-order valence-electron chi connectivity index (χ2n) is 6.14. The number of aromatic nitrogens is 4. The topological polar surface area (TPSA) is 91.2 Å². The first kappa shape index (κ1) is 17.9. The minimum atomic E-state index is -0.208. The maximum Gasteiger partial charge on any atom is 0.244 e. The molecule has 3 rings (SSSR count). The van der Waals surface area contributed by atoms with Crippen LogP contribution in [0.3, 0.4) is 0 Å². The third-order valence-electron chi connectivity index (χ3n) is 4.49. The van der Waals surface area contributed by atoms with Crippen molar-refractivity contribution in [2.75, 3.05) is 14.2 Å². The van der Waals surface area contributed by atoms with Gasteiger partial charge < -0.3 is 14.8 Å². The molecule has 1 fully saturated rings. The van der Waals surface area contributed by atoms with Gasteiger partial charge in [-0.3, -0.25) is 4.79 Å². The highest BCUT2D eigenvalue weighted by atomic mass is 16.5. The van der Waals surface area contributed by atoms with Crippen LogP contribution in [0.4, 0.5) is 0 Å². The number of ether oxygens (including phenoxy) is 2. The fourth-order valence-electron chi connectivity index (χ4n) is 3.11. The van der Waals surface area contributed by atoms with Crippen LogP contribution in [0.2, 0.25) is 0 Å². The van der Waals surface area contributed by atoms with E-state index in [1.54, 1.807) is 26.4 Å². The smallest absolute Gasteiger partial charge is 0.244 e. The molecule has 0 radical (unpaired) electrons. The van der Waals surface area contributed by atoms with Crippen molar-refractivity contribution in [1.29, 1.82) is 0 Å². The molecule has 1 amide bonds. The first-order valence-electron chi connectivity index (χ1n) is 8.66. The molecule has 1 aromatic carbocycles. The van der Waals surface area contributed by atoms with Crippen molar-refractivity contribution in [3.05, 3.63) is 35.7 Å². The van der Waals surface area contributed by atoms with Crippen LogP contribution in [-0.4, -0.2) is 40.3 Å². The quantitative estimate of drug-likeness (QED) is 0.764. The van der Waals surface area contributed by atoms with E-state index < -0.39 is 0 Å². The molecule has 0 saturated heterocycles. The van der Waals surface area contributed by atoms with Crippen LogP contribution in [-0.2, 0) is 11.3 Å². The van der Waals surface area contributed by atoms with Crippen molar-refractivity contribution in [3.63, 3.8) is 0 Å². The summed E-state index contributed by atoms with van der Waals surface area (Å²) < 4.78 is 12.3. The summed E-state index contributed by atoms with van der Waals surface area (Å²) in [5.74, 6) is 1.74. The monoisotopic (exact) mass is 357 g/mol. The molecule has 0 bridgehead atoms. The molecular formula is C18H23N5O3. The first-order valence-corrected chi connectivity index (χ1v) is 8.66. The van der Waals surface area contributed by atoms with Crippen molar-refractivity contribution < 1.29 is 14.3 Å². The van der Waals surface area contributed by atoms with E-state index in [1.807, 2.05) is 16.8 Å². The summed E-state index contributed by atoms with van der Waals surface area (Å²) in [7, 11) is 3.16. The zero-order chi connectivity index (χ0) is 18.4. The number of amides is 1. The fourth-order valence-corrected chi connectivity index (χ4v) is 3.11. The summed E-state index contributed by atoms with van der Waals surface area (Å²) in [5, 5.41) is 14.7. The minimum Gasteiger partial charge on any atom is -0.493 e. The van der Waals surface area contributed by atoms with E-state index in [0.717, 1.165) is 18.4 Å². The Kier molecular flexibility index (Phi) is 5.83. The normalized spacial score (nSPS) is 14.7. The zero-order valence-electron chi connectivity index (χ0n) is 15.0. The van der Waals surface area contributed by atoms with Gasteiger partial charge >= 0.3 is 0 Å². The number of nitrogens with zero attached hydrogens (tertiary/aromatic N) is 4. The molecule has 2 aromatic rings. The van der Waals surface area contributed by atoms with Gasteiger partial charge in [-0.2, -0.15) is 0 Å². The lowest BCUT2D eigenvalue weighted by Crippen LogP contribution is -2.24. The number of carbonyl (C=O) groups is 1. The summed E-state index contributed by atoms with van der Waals surface area (Å²) in [4.78, 5) is 12.1. The van der Waals surface area contributed by atoms with Crippen LogP contribution in [0.1, 0.15) is 43.1 Å². The third kappa shape index (κ3) is 4.19. The molecular weight excluding hydrogens is 334 g/mol. The second kappa shape index (κ2) is 8.46. The molecule has 138 valence electrons. The van der Waals surface area contributed by atoms with Crippen molar-refractivity contribution in [3.8, 4) is 11.5 Å². The molecule has 0 aliphatic heterocycles. The SMILES string of the molecule is COc1ccc(/C=C\C(=O)NCc2nnnn2C2CCCC2)cc1OC. The Morgan fingerprint density at radius 3 is 2.77 bits per heavy atom. The molecule has 8 heteroatoms. The van der Waals surface area contributed by atoms with E-state index in [9.17, 15) is 4.79 Å². The third-order valence-corrected chi connectivity index (χ3v) is 4.49. The van der Waals surface area contributed by atoms with Gasteiger partial charge in [0.05, 0.1) is 26.8 Å². The van der Waals surface area contributed by atoms with Crippen molar-refractivity contribution >= 4 is 12.0 Å². The lowest BCUT2D eigenvalue weighted by Gasteiger charge is -2.11. The summed E-state index contributed by atoms with van der Waals surface area (Å²) in [5.41, 5.74) is 0.841. The average molecular weight is 357 g/mol. The molecule has 1 aliphatic carbocycles. The molecule has 1 heterocycles. The molecule has 0 spiro atoms. The minimum absolute atomic E-state index is 0.208. The van der Waals surface area contributed by atoms with E-state index in [-0.39, 0.29) is 5.91 Å². The molecule has 8 nitrogen and oxygen atoms in total. The van der Waals surface area contributed by atoms with Crippen molar-refractivity contribution in [1.82, 2.24) is 25.5 Å². The Morgan fingerprint density at radius 1 is 1.27 bits per heavy atom. The van der Waals surface area contributed by atoms with Gasteiger partial charge in [0, 0.05) is 6.08 Å². The fraction of sp³-hybridized carbons (Fsp3) is 0.444. The van der Waals surface area contributed by atoms with E-state index >= 15 is 0 Å². The van der Waals surface area contributed by atoms with Gasteiger partial charge in [-0.15, -0.1) is 5.10 Å². The standard InChI is InChI=1S/C18H23N5O3/c1-25-15-9-7-13(11-16(15)26-2)8-10-18(24)19-12-17-20-21-22-23(17)14-5-3-4-6-14/h7-11,14H,3-6,12H2,1-2H3,(H,19,24)/b10-8-. The number of nitrogens with one attached hydrogen (secondary N) is 1. The second-order valence-corrected chi connectivity index (χ2v) is 6.14. The molecule has 0 unspecified atom stereocenters. The molecule has 1 aromatic heterocycles.